The van der Waals surface area contributed by atoms with Gasteiger partial charge in [0, 0.05) is 11.2 Å². The van der Waals surface area contributed by atoms with Crippen LogP contribution >= 0.6 is 11.6 Å². The Hall–Kier alpha value is -2.01. The highest BCUT2D eigenvalue weighted by Crippen LogP contribution is 2.17. The first-order valence-corrected chi connectivity index (χ1v) is 5.31. The summed E-state index contributed by atoms with van der Waals surface area (Å²) < 4.78 is 26.6. The number of nitrogens with zero attached hydrogens (tertiary/aromatic N) is 1. The summed E-state index contributed by atoms with van der Waals surface area (Å²) in [4.78, 5) is 15.3. The van der Waals surface area contributed by atoms with Gasteiger partial charge >= 0.3 is 0 Å². The van der Waals surface area contributed by atoms with Gasteiger partial charge in [-0.25, -0.2) is 8.78 Å². The van der Waals surface area contributed by atoms with Crippen LogP contribution in [0, 0.1) is 11.6 Å². The molecule has 0 aliphatic heterocycles. The van der Waals surface area contributed by atoms with E-state index in [9.17, 15) is 13.6 Å². The zero-order valence-corrected chi connectivity index (χ0v) is 9.71. The summed E-state index contributed by atoms with van der Waals surface area (Å²) in [5.74, 6) is -2.21. The topological polar surface area (TPSA) is 42.0 Å². The van der Waals surface area contributed by atoms with E-state index in [1.54, 1.807) is 0 Å². The van der Waals surface area contributed by atoms with Crippen molar-refractivity contribution >= 4 is 23.2 Å². The minimum absolute atomic E-state index is 0.0747. The van der Waals surface area contributed by atoms with E-state index in [1.807, 2.05) is 0 Å². The van der Waals surface area contributed by atoms with E-state index in [2.05, 4.69) is 10.3 Å². The first kappa shape index (κ1) is 12.4. The molecule has 0 spiro atoms. The summed E-state index contributed by atoms with van der Waals surface area (Å²) in [6.45, 7) is 0. The predicted octanol–water partition coefficient (Wildman–Crippen LogP) is 3.27. The summed E-state index contributed by atoms with van der Waals surface area (Å²) in [5.41, 5.74) is -0.326. The number of nitrogens with one attached hydrogen (secondary N) is 1. The highest BCUT2D eigenvalue weighted by atomic mass is 35.5. The molecule has 18 heavy (non-hydrogen) atoms. The van der Waals surface area contributed by atoms with Gasteiger partial charge in [-0.15, -0.1) is 0 Å². The van der Waals surface area contributed by atoms with Crippen molar-refractivity contribution in [1.82, 2.24) is 4.98 Å². The van der Waals surface area contributed by atoms with Gasteiger partial charge in [0.2, 0.25) is 0 Å². The number of rotatable bonds is 2. The molecule has 92 valence electrons. The molecule has 1 N–H and O–H groups in total. The van der Waals surface area contributed by atoms with E-state index in [4.69, 9.17) is 11.6 Å². The van der Waals surface area contributed by atoms with Crippen LogP contribution in [0.4, 0.5) is 14.5 Å². The molecule has 0 saturated carbocycles. The number of aromatic nitrogens is 1. The molecular formula is C12H7ClF2N2O. The molecule has 0 aliphatic carbocycles. The van der Waals surface area contributed by atoms with E-state index in [1.165, 1.54) is 24.4 Å². The lowest BCUT2D eigenvalue weighted by atomic mass is 10.2. The van der Waals surface area contributed by atoms with Crippen molar-refractivity contribution in [2.75, 3.05) is 5.32 Å². The Morgan fingerprint density at radius 3 is 2.72 bits per heavy atom. The van der Waals surface area contributed by atoms with Gasteiger partial charge in [-0.1, -0.05) is 11.6 Å². The fourth-order valence-corrected chi connectivity index (χ4v) is 1.51. The normalized spacial score (nSPS) is 10.2. The van der Waals surface area contributed by atoms with Crippen LogP contribution < -0.4 is 5.32 Å². The maximum absolute atomic E-state index is 13.4. The molecule has 0 radical (unpaired) electrons. The molecule has 2 aromatic rings. The minimum Gasteiger partial charge on any atom is -0.319 e. The summed E-state index contributed by atoms with van der Waals surface area (Å²) in [6.07, 6.45) is 2.26. The lowest BCUT2D eigenvalue weighted by molar-refractivity contribution is 0.102. The van der Waals surface area contributed by atoms with Crippen molar-refractivity contribution in [3.8, 4) is 0 Å². The second-order valence-electron chi connectivity index (χ2n) is 3.43. The molecule has 2 rings (SSSR count). The summed E-state index contributed by atoms with van der Waals surface area (Å²) in [6, 6.07) is 4.84. The molecule has 1 heterocycles. The van der Waals surface area contributed by atoms with Gasteiger partial charge in [-0.3, -0.25) is 9.78 Å². The molecule has 1 aromatic carbocycles. The molecule has 0 saturated heterocycles. The monoisotopic (exact) mass is 268 g/mol. The number of carbonyl (C=O) groups excluding carboxylic acids is 1. The average molecular weight is 269 g/mol. The van der Waals surface area contributed by atoms with Gasteiger partial charge in [-0.2, -0.15) is 0 Å². The second kappa shape index (κ2) is 5.10. The lowest BCUT2D eigenvalue weighted by Crippen LogP contribution is -2.14. The van der Waals surface area contributed by atoms with Crippen LogP contribution in [0.1, 0.15) is 10.4 Å². The quantitative estimate of drug-likeness (QED) is 0.908. The van der Waals surface area contributed by atoms with Crippen LogP contribution in [0.2, 0.25) is 5.02 Å². The zero-order valence-electron chi connectivity index (χ0n) is 8.95. The minimum atomic E-state index is -0.778. The third-order valence-electron chi connectivity index (χ3n) is 2.19. The number of benzene rings is 1. The molecule has 6 heteroatoms. The van der Waals surface area contributed by atoms with Gasteiger partial charge in [0.1, 0.15) is 5.82 Å². The molecule has 0 unspecified atom stereocenters. The predicted molar refractivity (Wildman–Crippen MR) is 63.6 cm³/mol. The van der Waals surface area contributed by atoms with Crippen molar-refractivity contribution in [2.24, 2.45) is 0 Å². The van der Waals surface area contributed by atoms with Gasteiger partial charge in [0.15, 0.2) is 5.82 Å². The van der Waals surface area contributed by atoms with Crippen molar-refractivity contribution in [1.29, 1.82) is 0 Å². The maximum Gasteiger partial charge on any atom is 0.258 e. The Balaban J connectivity index is 2.28. The van der Waals surface area contributed by atoms with Crippen LogP contribution in [0.3, 0.4) is 0 Å². The van der Waals surface area contributed by atoms with E-state index >= 15 is 0 Å². The Morgan fingerprint density at radius 2 is 2.00 bits per heavy atom. The van der Waals surface area contributed by atoms with Crippen molar-refractivity contribution in [3.05, 3.63) is 58.9 Å². The Labute approximate surface area is 106 Å². The highest BCUT2D eigenvalue weighted by Gasteiger charge is 2.14. The number of carbonyl (C=O) groups is 1. The fourth-order valence-electron chi connectivity index (χ4n) is 1.34. The van der Waals surface area contributed by atoms with Gasteiger partial charge in [-0.05, 0) is 24.3 Å². The van der Waals surface area contributed by atoms with Crippen molar-refractivity contribution in [2.45, 2.75) is 0 Å². The molecule has 0 fully saturated rings. The summed E-state index contributed by atoms with van der Waals surface area (Å²) >= 11 is 5.66. The number of anilines is 1. The highest BCUT2D eigenvalue weighted by molar-refractivity contribution is 6.31. The van der Waals surface area contributed by atoms with E-state index < -0.39 is 17.5 Å². The maximum atomic E-state index is 13.4. The number of pyridine rings is 1. The third kappa shape index (κ3) is 2.62. The van der Waals surface area contributed by atoms with Gasteiger partial charge < -0.3 is 5.32 Å². The molecule has 3 nitrogen and oxygen atoms in total. The van der Waals surface area contributed by atoms with Gasteiger partial charge in [0.25, 0.3) is 5.91 Å². The Kier molecular flexibility index (Phi) is 3.53. The Bertz CT molecular complexity index is 604. The van der Waals surface area contributed by atoms with Crippen LogP contribution in [0.5, 0.6) is 0 Å². The molecule has 1 aromatic heterocycles. The van der Waals surface area contributed by atoms with Gasteiger partial charge in [0.05, 0.1) is 17.4 Å². The standard InChI is InChI=1S/C12H7ClF2N2O/c13-7-1-2-9(14)8(5-7)12(18)17-11-3-4-16-6-10(11)15/h1-6H,(H,16,17,18). The smallest absolute Gasteiger partial charge is 0.258 e. The van der Waals surface area contributed by atoms with Crippen LogP contribution in [0.25, 0.3) is 0 Å². The summed E-state index contributed by atoms with van der Waals surface area (Å²) in [7, 11) is 0. The first-order chi connectivity index (χ1) is 8.58. The molecule has 0 atom stereocenters. The number of halogens is 3. The zero-order chi connectivity index (χ0) is 13.1. The molecule has 0 bridgehead atoms. The summed E-state index contributed by atoms with van der Waals surface area (Å²) in [5, 5.41) is 2.46. The Morgan fingerprint density at radius 1 is 1.22 bits per heavy atom. The first-order valence-electron chi connectivity index (χ1n) is 4.94. The average Bonchev–Trinajstić information content (AvgIpc) is 2.35. The largest absolute Gasteiger partial charge is 0.319 e. The lowest BCUT2D eigenvalue weighted by Gasteiger charge is -2.06. The molecular weight excluding hydrogens is 262 g/mol. The van der Waals surface area contributed by atoms with Crippen LogP contribution in [0.15, 0.2) is 36.7 Å². The SMILES string of the molecule is O=C(Nc1ccncc1F)c1cc(Cl)ccc1F. The van der Waals surface area contributed by atoms with E-state index in [-0.39, 0.29) is 16.3 Å². The van der Waals surface area contributed by atoms with Crippen molar-refractivity contribution in [3.63, 3.8) is 0 Å². The molecule has 1 amide bonds. The second-order valence-corrected chi connectivity index (χ2v) is 3.87. The molecule has 0 aliphatic rings. The van der Waals surface area contributed by atoms with Crippen molar-refractivity contribution < 1.29 is 13.6 Å². The third-order valence-corrected chi connectivity index (χ3v) is 2.43. The van der Waals surface area contributed by atoms with Crippen LogP contribution in [-0.2, 0) is 0 Å². The number of hydrogen-bond donors (Lipinski definition) is 1. The van der Waals surface area contributed by atoms with E-state index in [0.717, 1.165) is 12.3 Å². The number of amides is 1. The van der Waals surface area contributed by atoms with Crippen LogP contribution in [-0.4, -0.2) is 10.9 Å². The van der Waals surface area contributed by atoms with E-state index in [0.29, 0.717) is 0 Å². The fraction of sp³-hybridized carbons (Fsp3) is 0. The number of hydrogen-bond acceptors (Lipinski definition) is 2.